The molecule has 0 aromatic heterocycles. The average molecular weight is 183 g/mol. The van der Waals surface area contributed by atoms with Crippen LogP contribution in [0.25, 0.3) is 0 Å². The second-order valence-electron chi connectivity index (χ2n) is 4.43. The number of nitrogens with one attached hydrogen (secondary N) is 1. The first-order valence-electron chi connectivity index (χ1n) is 6.10. The van der Waals surface area contributed by atoms with Crippen molar-refractivity contribution in [3.05, 3.63) is 0 Å². The highest BCUT2D eigenvalue weighted by Crippen LogP contribution is 2.31. The van der Waals surface area contributed by atoms with Crippen LogP contribution in [0.4, 0.5) is 0 Å². The molecule has 0 aromatic rings. The molecule has 1 nitrogen and oxygen atoms in total. The Kier molecular flexibility index (Phi) is 5.45. The van der Waals surface area contributed by atoms with Crippen LogP contribution in [0.5, 0.6) is 0 Å². The van der Waals surface area contributed by atoms with Crippen molar-refractivity contribution in [1.29, 1.82) is 0 Å². The van der Waals surface area contributed by atoms with Crippen molar-refractivity contribution >= 4 is 0 Å². The van der Waals surface area contributed by atoms with E-state index in [2.05, 4.69) is 19.2 Å². The first-order chi connectivity index (χ1) is 6.36. The van der Waals surface area contributed by atoms with E-state index in [0.29, 0.717) is 0 Å². The normalized spacial score (nSPS) is 18.9. The molecule has 0 heterocycles. The van der Waals surface area contributed by atoms with E-state index in [1.54, 1.807) is 0 Å². The van der Waals surface area contributed by atoms with Crippen LogP contribution in [0, 0.1) is 5.92 Å². The van der Waals surface area contributed by atoms with Gasteiger partial charge < -0.3 is 5.32 Å². The molecule has 1 heteroatoms. The molecule has 1 unspecified atom stereocenters. The summed E-state index contributed by atoms with van der Waals surface area (Å²) < 4.78 is 0. The summed E-state index contributed by atoms with van der Waals surface area (Å²) in [5.74, 6) is 1.08. The lowest BCUT2D eigenvalue weighted by Gasteiger charge is -2.16. The zero-order valence-electron chi connectivity index (χ0n) is 9.31. The maximum atomic E-state index is 3.68. The number of hydrogen-bond acceptors (Lipinski definition) is 1. The summed E-state index contributed by atoms with van der Waals surface area (Å²) in [6, 6.07) is 0.790. The van der Waals surface area contributed by atoms with E-state index in [4.69, 9.17) is 0 Å². The third kappa shape index (κ3) is 5.30. The molecule has 0 aliphatic heterocycles. The zero-order chi connectivity index (χ0) is 9.52. The third-order valence-electron chi connectivity index (χ3n) is 3.08. The predicted molar refractivity (Wildman–Crippen MR) is 58.9 cm³/mol. The van der Waals surface area contributed by atoms with E-state index in [-0.39, 0.29) is 0 Å². The van der Waals surface area contributed by atoms with Gasteiger partial charge in [-0.1, -0.05) is 39.5 Å². The summed E-state index contributed by atoms with van der Waals surface area (Å²) >= 11 is 0. The second-order valence-corrected chi connectivity index (χ2v) is 4.43. The molecule has 0 amide bonds. The van der Waals surface area contributed by atoms with Gasteiger partial charge >= 0.3 is 0 Å². The minimum Gasteiger partial charge on any atom is -0.314 e. The molecular formula is C12H25N. The van der Waals surface area contributed by atoms with Crippen LogP contribution in [0.1, 0.15) is 58.8 Å². The van der Waals surface area contributed by atoms with E-state index in [9.17, 15) is 0 Å². The molecule has 1 fully saturated rings. The van der Waals surface area contributed by atoms with Gasteiger partial charge in [0.15, 0.2) is 0 Å². The van der Waals surface area contributed by atoms with Crippen LogP contribution in [-0.4, -0.2) is 12.6 Å². The SMILES string of the molecule is CCCCC(CC)NCCC1CC1. The van der Waals surface area contributed by atoms with E-state index in [1.165, 1.54) is 51.5 Å². The Labute approximate surface area is 83.3 Å². The van der Waals surface area contributed by atoms with Gasteiger partial charge in [-0.25, -0.2) is 0 Å². The van der Waals surface area contributed by atoms with Gasteiger partial charge in [0.1, 0.15) is 0 Å². The van der Waals surface area contributed by atoms with Gasteiger partial charge in [0.25, 0.3) is 0 Å². The van der Waals surface area contributed by atoms with Crippen molar-refractivity contribution in [1.82, 2.24) is 5.32 Å². The van der Waals surface area contributed by atoms with Crippen molar-refractivity contribution < 1.29 is 0 Å². The Morgan fingerprint density at radius 2 is 2.08 bits per heavy atom. The smallest absolute Gasteiger partial charge is 0.00644 e. The lowest BCUT2D eigenvalue weighted by atomic mass is 10.1. The Morgan fingerprint density at radius 1 is 1.31 bits per heavy atom. The van der Waals surface area contributed by atoms with Crippen LogP contribution in [0.2, 0.25) is 0 Å². The second kappa shape index (κ2) is 6.42. The van der Waals surface area contributed by atoms with Gasteiger partial charge in [0.05, 0.1) is 0 Å². The van der Waals surface area contributed by atoms with Crippen LogP contribution in [0.3, 0.4) is 0 Å². The molecule has 13 heavy (non-hydrogen) atoms. The maximum absolute atomic E-state index is 3.68. The fraction of sp³-hybridized carbons (Fsp3) is 1.00. The zero-order valence-corrected chi connectivity index (χ0v) is 9.31. The summed E-state index contributed by atoms with van der Waals surface area (Å²) in [7, 11) is 0. The molecule has 0 radical (unpaired) electrons. The van der Waals surface area contributed by atoms with Gasteiger partial charge in [-0.3, -0.25) is 0 Å². The first kappa shape index (κ1) is 11.0. The van der Waals surface area contributed by atoms with Gasteiger partial charge in [-0.15, -0.1) is 0 Å². The molecule has 1 aliphatic carbocycles. The average Bonchev–Trinajstić information content (AvgIpc) is 2.94. The molecule has 0 spiro atoms. The van der Waals surface area contributed by atoms with E-state index in [1.807, 2.05) is 0 Å². The predicted octanol–water partition coefficient (Wildman–Crippen LogP) is 3.34. The quantitative estimate of drug-likeness (QED) is 0.608. The molecule has 0 saturated heterocycles. The van der Waals surface area contributed by atoms with Gasteiger partial charge in [0.2, 0.25) is 0 Å². The van der Waals surface area contributed by atoms with E-state index >= 15 is 0 Å². The van der Waals surface area contributed by atoms with Crippen LogP contribution in [0.15, 0.2) is 0 Å². The number of unbranched alkanes of at least 4 members (excludes halogenated alkanes) is 1. The van der Waals surface area contributed by atoms with Gasteiger partial charge in [-0.2, -0.15) is 0 Å². The van der Waals surface area contributed by atoms with E-state index in [0.717, 1.165) is 12.0 Å². The Balaban J connectivity index is 1.93. The largest absolute Gasteiger partial charge is 0.314 e. The summed E-state index contributed by atoms with van der Waals surface area (Å²) in [5.41, 5.74) is 0. The molecule has 78 valence electrons. The topological polar surface area (TPSA) is 12.0 Å². The van der Waals surface area contributed by atoms with Crippen molar-refractivity contribution in [3.63, 3.8) is 0 Å². The summed E-state index contributed by atoms with van der Waals surface area (Å²) in [6.45, 7) is 5.83. The first-order valence-corrected chi connectivity index (χ1v) is 6.10. The van der Waals surface area contributed by atoms with E-state index < -0.39 is 0 Å². The van der Waals surface area contributed by atoms with Gasteiger partial charge in [-0.05, 0) is 31.7 Å². The van der Waals surface area contributed by atoms with Crippen LogP contribution >= 0.6 is 0 Å². The highest BCUT2D eigenvalue weighted by Gasteiger charge is 2.20. The lowest BCUT2D eigenvalue weighted by Crippen LogP contribution is -2.29. The van der Waals surface area contributed by atoms with Crippen LogP contribution < -0.4 is 5.32 Å². The standard InChI is InChI=1S/C12H25N/c1-3-5-6-12(4-2)13-10-9-11-7-8-11/h11-13H,3-10H2,1-2H3. The minimum absolute atomic E-state index is 0.790. The molecule has 0 aromatic carbocycles. The van der Waals surface area contributed by atoms with Gasteiger partial charge in [0, 0.05) is 6.04 Å². The molecule has 1 atom stereocenters. The van der Waals surface area contributed by atoms with Crippen molar-refractivity contribution in [3.8, 4) is 0 Å². The Hall–Kier alpha value is -0.0400. The highest BCUT2D eigenvalue weighted by atomic mass is 14.9. The molecule has 1 N–H and O–H groups in total. The Bertz CT molecular complexity index is 118. The maximum Gasteiger partial charge on any atom is 0.00644 e. The lowest BCUT2D eigenvalue weighted by molar-refractivity contribution is 0.443. The highest BCUT2D eigenvalue weighted by molar-refractivity contribution is 4.75. The molecule has 0 bridgehead atoms. The summed E-state index contributed by atoms with van der Waals surface area (Å²) in [5, 5.41) is 3.68. The minimum atomic E-state index is 0.790. The molecule has 1 aliphatic rings. The van der Waals surface area contributed by atoms with Crippen molar-refractivity contribution in [2.45, 2.75) is 64.8 Å². The monoisotopic (exact) mass is 183 g/mol. The van der Waals surface area contributed by atoms with Crippen LogP contribution in [-0.2, 0) is 0 Å². The Morgan fingerprint density at radius 3 is 2.62 bits per heavy atom. The number of rotatable bonds is 8. The van der Waals surface area contributed by atoms with Crippen molar-refractivity contribution in [2.24, 2.45) is 5.92 Å². The third-order valence-corrected chi connectivity index (χ3v) is 3.08. The summed E-state index contributed by atoms with van der Waals surface area (Å²) in [4.78, 5) is 0. The molecule has 1 rings (SSSR count). The molecular weight excluding hydrogens is 158 g/mol. The fourth-order valence-electron chi connectivity index (χ4n) is 1.80. The fourth-order valence-corrected chi connectivity index (χ4v) is 1.80. The molecule has 1 saturated carbocycles. The number of hydrogen-bond donors (Lipinski definition) is 1. The van der Waals surface area contributed by atoms with Crippen molar-refractivity contribution in [2.75, 3.05) is 6.54 Å². The summed E-state index contributed by atoms with van der Waals surface area (Å²) in [6.07, 6.45) is 9.79.